The molecule has 2 atom stereocenters. The highest BCUT2D eigenvalue weighted by Crippen LogP contribution is 2.24. The van der Waals surface area contributed by atoms with Crippen LogP contribution in [0.25, 0.3) is 0 Å². The summed E-state index contributed by atoms with van der Waals surface area (Å²) >= 11 is 2.10. The maximum absolute atomic E-state index is 3.69. The predicted octanol–water partition coefficient (Wildman–Crippen LogP) is 3.54. The molecule has 90 valence electrons. The van der Waals surface area contributed by atoms with E-state index in [1.807, 2.05) is 0 Å². The molecule has 0 bridgehead atoms. The fourth-order valence-electron chi connectivity index (χ4n) is 2.19. The van der Waals surface area contributed by atoms with E-state index in [4.69, 9.17) is 0 Å². The van der Waals surface area contributed by atoms with Crippen LogP contribution in [-0.2, 0) is 0 Å². The van der Waals surface area contributed by atoms with Gasteiger partial charge in [0.1, 0.15) is 0 Å². The summed E-state index contributed by atoms with van der Waals surface area (Å²) in [7, 11) is 0. The summed E-state index contributed by atoms with van der Waals surface area (Å²) in [5.74, 6) is 4.45. The summed E-state index contributed by atoms with van der Waals surface area (Å²) in [5.41, 5.74) is 0. The molecule has 0 saturated heterocycles. The Hall–Kier alpha value is 0.310. The van der Waals surface area contributed by atoms with Crippen LogP contribution in [-0.4, -0.2) is 24.1 Å². The number of nitrogens with one attached hydrogen (secondary N) is 1. The van der Waals surface area contributed by atoms with Crippen molar-refractivity contribution in [2.24, 2.45) is 11.8 Å². The number of thioether (sulfide) groups is 1. The molecule has 1 saturated carbocycles. The predicted molar refractivity (Wildman–Crippen MR) is 71.6 cm³/mol. The fourth-order valence-corrected chi connectivity index (χ4v) is 3.18. The fraction of sp³-hybridized carbons (Fsp3) is 1.00. The summed E-state index contributed by atoms with van der Waals surface area (Å²) in [5, 5.41) is 3.69. The molecular formula is C13H27NS. The van der Waals surface area contributed by atoms with Crippen molar-refractivity contribution in [3.05, 3.63) is 0 Å². The number of rotatable bonds is 7. The van der Waals surface area contributed by atoms with Crippen molar-refractivity contribution >= 4 is 11.8 Å². The molecule has 1 aliphatic rings. The van der Waals surface area contributed by atoms with Crippen LogP contribution in [0, 0.1) is 11.8 Å². The van der Waals surface area contributed by atoms with Crippen LogP contribution in [0.4, 0.5) is 0 Å². The SMILES string of the molecule is CC(C)CSCCCNC1CCC(C)C1. The van der Waals surface area contributed by atoms with Crippen LogP contribution < -0.4 is 5.32 Å². The van der Waals surface area contributed by atoms with Gasteiger partial charge >= 0.3 is 0 Å². The first-order chi connectivity index (χ1) is 7.18. The Labute approximate surface area is 99.8 Å². The first kappa shape index (κ1) is 13.4. The molecule has 2 heteroatoms. The van der Waals surface area contributed by atoms with Gasteiger partial charge in [0.05, 0.1) is 0 Å². The van der Waals surface area contributed by atoms with E-state index in [-0.39, 0.29) is 0 Å². The second-order valence-corrected chi connectivity index (χ2v) is 6.54. The van der Waals surface area contributed by atoms with E-state index in [0.29, 0.717) is 0 Å². The lowest BCUT2D eigenvalue weighted by Crippen LogP contribution is -2.27. The third-order valence-corrected chi connectivity index (χ3v) is 4.52. The minimum atomic E-state index is 0.829. The van der Waals surface area contributed by atoms with E-state index in [9.17, 15) is 0 Å². The smallest absolute Gasteiger partial charge is 0.00697 e. The van der Waals surface area contributed by atoms with Crippen LogP contribution in [0.5, 0.6) is 0 Å². The zero-order valence-electron chi connectivity index (χ0n) is 10.6. The van der Waals surface area contributed by atoms with Crippen LogP contribution in [0.3, 0.4) is 0 Å². The topological polar surface area (TPSA) is 12.0 Å². The van der Waals surface area contributed by atoms with Gasteiger partial charge < -0.3 is 5.32 Å². The second kappa shape index (κ2) is 7.56. The average molecular weight is 229 g/mol. The lowest BCUT2D eigenvalue weighted by atomic mass is 10.1. The van der Waals surface area contributed by atoms with Crippen molar-refractivity contribution in [3.63, 3.8) is 0 Å². The molecule has 0 aliphatic heterocycles. The third-order valence-electron chi connectivity index (χ3n) is 3.04. The monoisotopic (exact) mass is 229 g/mol. The lowest BCUT2D eigenvalue weighted by Gasteiger charge is -2.12. The molecule has 0 heterocycles. The Morgan fingerprint density at radius 2 is 2.13 bits per heavy atom. The highest BCUT2D eigenvalue weighted by Gasteiger charge is 2.19. The van der Waals surface area contributed by atoms with E-state index < -0.39 is 0 Å². The van der Waals surface area contributed by atoms with Crippen molar-refractivity contribution in [1.82, 2.24) is 5.32 Å². The largest absolute Gasteiger partial charge is 0.314 e. The van der Waals surface area contributed by atoms with Gasteiger partial charge in [-0.2, -0.15) is 11.8 Å². The highest BCUT2D eigenvalue weighted by molar-refractivity contribution is 7.99. The van der Waals surface area contributed by atoms with Gasteiger partial charge in [0.15, 0.2) is 0 Å². The molecule has 0 aromatic rings. The third kappa shape index (κ3) is 6.47. The van der Waals surface area contributed by atoms with E-state index >= 15 is 0 Å². The summed E-state index contributed by atoms with van der Waals surface area (Å²) in [6.07, 6.45) is 5.57. The van der Waals surface area contributed by atoms with Gasteiger partial charge in [-0.05, 0) is 55.6 Å². The van der Waals surface area contributed by atoms with Crippen molar-refractivity contribution < 1.29 is 0 Å². The van der Waals surface area contributed by atoms with Crippen LogP contribution >= 0.6 is 11.8 Å². The van der Waals surface area contributed by atoms with Crippen LogP contribution in [0.1, 0.15) is 46.5 Å². The van der Waals surface area contributed by atoms with E-state index in [1.54, 1.807) is 0 Å². The van der Waals surface area contributed by atoms with E-state index in [1.165, 1.54) is 43.7 Å². The first-order valence-electron chi connectivity index (χ1n) is 6.49. The van der Waals surface area contributed by atoms with Gasteiger partial charge in [0, 0.05) is 6.04 Å². The zero-order valence-corrected chi connectivity index (χ0v) is 11.4. The van der Waals surface area contributed by atoms with E-state index in [0.717, 1.165) is 17.9 Å². The highest BCUT2D eigenvalue weighted by atomic mass is 32.2. The van der Waals surface area contributed by atoms with Crippen molar-refractivity contribution in [2.75, 3.05) is 18.1 Å². The molecular weight excluding hydrogens is 202 g/mol. The second-order valence-electron chi connectivity index (χ2n) is 5.39. The summed E-state index contributed by atoms with van der Waals surface area (Å²) in [4.78, 5) is 0. The van der Waals surface area contributed by atoms with Crippen molar-refractivity contribution in [1.29, 1.82) is 0 Å². The molecule has 2 unspecified atom stereocenters. The summed E-state index contributed by atoms with van der Waals surface area (Å²) < 4.78 is 0. The molecule has 0 aromatic carbocycles. The Morgan fingerprint density at radius 1 is 1.33 bits per heavy atom. The van der Waals surface area contributed by atoms with E-state index in [2.05, 4.69) is 37.8 Å². The molecule has 0 aromatic heterocycles. The molecule has 15 heavy (non-hydrogen) atoms. The standard InChI is InChI=1S/C13H27NS/c1-11(2)10-15-8-4-7-14-13-6-5-12(3)9-13/h11-14H,4-10H2,1-3H3. The lowest BCUT2D eigenvalue weighted by molar-refractivity contribution is 0.503. The Morgan fingerprint density at radius 3 is 2.73 bits per heavy atom. The minimum Gasteiger partial charge on any atom is -0.314 e. The van der Waals surface area contributed by atoms with Gasteiger partial charge in [0.2, 0.25) is 0 Å². The van der Waals surface area contributed by atoms with Gasteiger partial charge in [-0.3, -0.25) is 0 Å². The maximum atomic E-state index is 3.69. The molecule has 0 spiro atoms. The Kier molecular flexibility index (Phi) is 6.74. The molecule has 1 rings (SSSR count). The molecule has 1 aliphatic carbocycles. The van der Waals surface area contributed by atoms with Gasteiger partial charge in [-0.1, -0.05) is 20.8 Å². The van der Waals surface area contributed by atoms with Gasteiger partial charge in [-0.15, -0.1) is 0 Å². The van der Waals surface area contributed by atoms with Gasteiger partial charge in [0.25, 0.3) is 0 Å². The summed E-state index contributed by atoms with van der Waals surface area (Å²) in [6, 6.07) is 0.829. The summed E-state index contributed by atoms with van der Waals surface area (Å²) in [6.45, 7) is 8.19. The first-order valence-corrected chi connectivity index (χ1v) is 7.65. The van der Waals surface area contributed by atoms with Crippen molar-refractivity contribution in [2.45, 2.75) is 52.5 Å². The molecule has 1 N–H and O–H groups in total. The molecule has 0 amide bonds. The average Bonchev–Trinajstić information content (AvgIpc) is 2.57. The molecule has 0 radical (unpaired) electrons. The van der Waals surface area contributed by atoms with Crippen LogP contribution in [0.2, 0.25) is 0 Å². The normalized spacial score (nSPS) is 26.4. The maximum Gasteiger partial charge on any atom is 0.00697 e. The number of hydrogen-bond acceptors (Lipinski definition) is 2. The molecule has 1 fully saturated rings. The minimum absolute atomic E-state index is 0.829. The van der Waals surface area contributed by atoms with Gasteiger partial charge in [-0.25, -0.2) is 0 Å². The number of hydrogen-bond donors (Lipinski definition) is 1. The van der Waals surface area contributed by atoms with Crippen LogP contribution in [0.15, 0.2) is 0 Å². The quantitative estimate of drug-likeness (QED) is 0.670. The van der Waals surface area contributed by atoms with Crippen molar-refractivity contribution in [3.8, 4) is 0 Å². The molecule has 1 nitrogen and oxygen atoms in total. The Bertz CT molecular complexity index is 159. The Balaban J connectivity index is 1.85. The zero-order chi connectivity index (χ0) is 11.1.